The fourth-order valence-corrected chi connectivity index (χ4v) is 5.11. The van der Waals surface area contributed by atoms with Gasteiger partial charge >= 0.3 is 6.16 Å². The number of carbonyl (C=O) groups excluding carboxylic acids is 1. The van der Waals surface area contributed by atoms with Crippen LogP contribution in [0.3, 0.4) is 0 Å². The normalized spacial score (nSPS) is 14.9. The summed E-state index contributed by atoms with van der Waals surface area (Å²) < 4.78 is 10.4. The van der Waals surface area contributed by atoms with Crippen LogP contribution in [0.15, 0.2) is 66.0 Å². The summed E-state index contributed by atoms with van der Waals surface area (Å²) in [6.07, 6.45) is -0.635. The molecule has 188 valence electrons. The summed E-state index contributed by atoms with van der Waals surface area (Å²) in [7, 11) is 0. The molecule has 37 heavy (non-hydrogen) atoms. The van der Waals surface area contributed by atoms with Crippen molar-refractivity contribution in [1.29, 1.82) is 0 Å². The SMILES string of the molecule is O=C(O)Oc1cc(-c2nc(-c3ccc(Cl)c(Cl)c3)cs2)ccc1-c1ccc(C(=O)NC2CCOC2)cc1. The summed E-state index contributed by atoms with van der Waals surface area (Å²) in [6.45, 7) is 1.16. The van der Waals surface area contributed by atoms with Crippen LogP contribution in [-0.4, -0.2) is 41.4 Å². The third kappa shape index (κ3) is 5.78. The first-order chi connectivity index (χ1) is 17.9. The molecule has 0 bridgehead atoms. The topological polar surface area (TPSA) is 97.8 Å². The van der Waals surface area contributed by atoms with Gasteiger partial charge in [-0.3, -0.25) is 4.79 Å². The molecule has 0 aliphatic carbocycles. The summed E-state index contributed by atoms with van der Waals surface area (Å²) >= 11 is 13.6. The molecular formula is C27H20Cl2N2O5S. The van der Waals surface area contributed by atoms with Gasteiger partial charge in [-0.15, -0.1) is 11.3 Å². The lowest BCUT2D eigenvalue weighted by Crippen LogP contribution is -2.34. The number of benzene rings is 3. The fraction of sp³-hybridized carbons (Fsp3) is 0.148. The van der Waals surface area contributed by atoms with E-state index in [1.165, 1.54) is 11.3 Å². The van der Waals surface area contributed by atoms with E-state index in [2.05, 4.69) is 10.3 Å². The van der Waals surface area contributed by atoms with Gasteiger partial charge in [0.05, 0.1) is 28.4 Å². The monoisotopic (exact) mass is 554 g/mol. The highest BCUT2D eigenvalue weighted by molar-refractivity contribution is 7.13. The number of carboxylic acid groups (broad SMARTS) is 1. The predicted octanol–water partition coefficient (Wildman–Crippen LogP) is 7.03. The predicted molar refractivity (Wildman–Crippen MR) is 144 cm³/mol. The maximum Gasteiger partial charge on any atom is 0.511 e. The number of ether oxygens (including phenoxy) is 2. The Kier molecular flexibility index (Phi) is 7.43. The van der Waals surface area contributed by atoms with Crippen LogP contribution in [-0.2, 0) is 4.74 Å². The second kappa shape index (κ2) is 10.9. The summed E-state index contributed by atoms with van der Waals surface area (Å²) in [5.41, 5.74) is 4.03. The zero-order valence-electron chi connectivity index (χ0n) is 19.2. The average Bonchev–Trinajstić information content (AvgIpc) is 3.58. The third-order valence-electron chi connectivity index (χ3n) is 5.87. The van der Waals surface area contributed by atoms with Crippen LogP contribution in [0.4, 0.5) is 4.79 Å². The Morgan fingerprint density at radius 2 is 1.76 bits per heavy atom. The van der Waals surface area contributed by atoms with Crippen LogP contribution in [0, 0.1) is 0 Å². The van der Waals surface area contributed by atoms with Crippen molar-refractivity contribution in [3.63, 3.8) is 0 Å². The quantitative estimate of drug-likeness (QED) is 0.196. The van der Waals surface area contributed by atoms with Gasteiger partial charge in [0, 0.05) is 34.2 Å². The van der Waals surface area contributed by atoms with Crippen molar-refractivity contribution in [2.75, 3.05) is 13.2 Å². The molecule has 3 aromatic carbocycles. The standard InChI is InChI=1S/C27H20Cl2N2O5S/c28-21-8-6-17(11-22(21)29)23-14-37-26(31-23)18-5-7-20(24(12-18)36-27(33)34)15-1-3-16(4-2-15)25(32)30-19-9-10-35-13-19/h1-8,11-12,14,19H,9-10,13H2,(H,30,32)(H,33,34). The van der Waals surface area contributed by atoms with Gasteiger partial charge < -0.3 is 19.9 Å². The van der Waals surface area contributed by atoms with Crippen molar-refractivity contribution in [3.8, 4) is 38.7 Å². The minimum atomic E-state index is -1.43. The van der Waals surface area contributed by atoms with Gasteiger partial charge in [-0.2, -0.15) is 0 Å². The van der Waals surface area contributed by atoms with Crippen LogP contribution in [0.5, 0.6) is 5.75 Å². The van der Waals surface area contributed by atoms with E-state index in [0.29, 0.717) is 50.5 Å². The second-order valence-electron chi connectivity index (χ2n) is 8.36. The number of nitrogens with zero attached hydrogens (tertiary/aromatic N) is 1. The van der Waals surface area contributed by atoms with Gasteiger partial charge in [0.15, 0.2) is 0 Å². The van der Waals surface area contributed by atoms with Crippen LogP contribution < -0.4 is 10.1 Å². The van der Waals surface area contributed by atoms with Crippen molar-refractivity contribution in [2.45, 2.75) is 12.5 Å². The molecule has 4 aromatic rings. The number of amides is 1. The van der Waals surface area contributed by atoms with E-state index in [-0.39, 0.29) is 17.7 Å². The Hall–Kier alpha value is -3.43. The first kappa shape index (κ1) is 25.2. The summed E-state index contributed by atoms with van der Waals surface area (Å²) in [5, 5.41) is 15.8. The van der Waals surface area contributed by atoms with Crippen LogP contribution in [0.25, 0.3) is 33.0 Å². The Balaban J connectivity index is 1.41. The lowest BCUT2D eigenvalue weighted by atomic mass is 10.0. The Labute approximate surface area is 226 Å². The third-order valence-corrected chi connectivity index (χ3v) is 7.50. The molecule has 2 heterocycles. The lowest BCUT2D eigenvalue weighted by molar-refractivity contribution is 0.0929. The van der Waals surface area contributed by atoms with Gasteiger partial charge in [-0.05, 0) is 48.4 Å². The van der Waals surface area contributed by atoms with Gasteiger partial charge in [-0.1, -0.05) is 47.5 Å². The Bertz CT molecular complexity index is 1470. The minimum absolute atomic E-state index is 0.0124. The van der Waals surface area contributed by atoms with Crippen LogP contribution >= 0.6 is 34.5 Å². The zero-order chi connectivity index (χ0) is 25.9. The van der Waals surface area contributed by atoms with E-state index in [1.807, 2.05) is 17.5 Å². The second-order valence-corrected chi connectivity index (χ2v) is 10.0. The molecule has 1 unspecified atom stereocenters. The number of nitrogens with one attached hydrogen (secondary N) is 1. The number of halogens is 2. The minimum Gasteiger partial charge on any atom is -0.449 e. The molecule has 10 heteroatoms. The number of rotatable bonds is 6. The highest BCUT2D eigenvalue weighted by Gasteiger charge is 2.19. The molecule has 1 aliphatic heterocycles. The molecule has 1 amide bonds. The molecule has 1 saturated heterocycles. The largest absolute Gasteiger partial charge is 0.511 e. The molecule has 7 nitrogen and oxygen atoms in total. The zero-order valence-corrected chi connectivity index (χ0v) is 21.6. The summed E-state index contributed by atoms with van der Waals surface area (Å²) in [4.78, 5) is 28.6. The van der Waals surface area contributed by atoms with Gasteiger partial charge in [0.1, 0.15) is 10.8 Å². The molecule has 0 saturated carbocycles. The maximum atomic E-state index is 12.5. The molecule has 0 radical (unpaired) electrons. The first-order valence-electron chi connectivity index (χ1n) is 11.3. The van der Waals surface area contributed by atoms with Gasteiger partial charge in [-0.25, -0.2) is 9.78 Å². The first-order valence-corrected chi connectivity index (χ1v) is 13.0. The molecule has 1 atom stereocenters. The van der Waals surface area contributed by atoms with Crippen molar-refractivity contribution in [1.82, 2.24) is 10.3 Å². The van der Waals surface area contributed by atoms with E-state index >= 15 is 0 Å². The Morgan fingerprint density at radius 3 is 2.46 bits per heavy atom. The van der Waals surface area contributed by atoms with Crippen molar-refractivity contribution in [2.24, 2.45) is 0 Å². The fourth-order valence-electron chi connectivity index (χ4n) is 3.98. The lowest BCUT2D eigenvalue weighted by Gasteiger charge is -2.12. The highest BCUT2D eigenvalue weighted by Crippen LogP contribution is 2.37. The van der Waals surface area contributed by atoms with Crippen molar-refractivity contribution < 1.29 is 24.2 Å². The number of carbonyl (C=O) groups is 2. The average molecular weight is 555 g/mol. The number of hydrogen-bond donors (Lipinski definition) is 2. The number of aromatic nitrogens is 1. The molecule has 0 spiro atoms. The van der Waals surface area contributed by atoms with E-state index < -0.39 is 6.16 Å². The Morgan fingerprint density at radius 1 is 1.00 bits per heavy atom. The van der Waals surface area contributed by atoms with Crippen molar-refractivity contribution >= 4 is 46.6 Å². The number of hydrogen-bond acceptors (Lipinski definition) is 6. The summed E-state index contributed by atoms with van der Waals surface area (Å²) in [6, 6.07) is 17.5. The molecule has 1 aliphatic rings. The van der Waals surface area contributed by atoms with Crippen molar-refractivity contribution in [3.05, 3.63) is 81.7 Å². The molecule has 2 N–H and O–H groups in total. The molecule has 5 rings (SSSR count). The van der Waals surface area contributed by atoms with E-state index in [9.17, 15) is 14.7 Å². The van der Waals surface area contributed by atoms with E-state index in [0.717, 1.165) is 17.7 Å². The van der Waals surface area contributed by atoms with E-state index in [4.69, 9.17) is 32.7 Å². The van der Waals surface area contributed by atoms with Gasteiger partial charge in [0.25, 0.3) is 5.91 Å². The molecule has 1 fully saturated rings. The number of thiazole rings is 1. The highest BCUT2D eigenvalue weighted by atomic mass is 35.5. The smallest absolute Gasteiger partial charge is 0.449 e. The summed E-state index contributed by atoms with van der Waals surface area (Å²) in [5.74, 6) is -0.0162. The van der Waals surface area contributed by atoms with E-state index in [1.54, 1.807) is 48.5 Å². The van der Waals surface area contributed by atoms with Gasteiger partial charge in [0.2, 0.25) is 0 Å². The molecular weight excluding hydrogens is 535 g/mol. The molecule has 1 aromatic heterocycles. The maximum absolute atomic E-state index is 12.5. The van der Waals surface area contributed by atoms with Crippen LogP contribution in [0.2, 0.25) is 10.0 Å². The van der Waals surface area contributed by atoms with Crippen LogP contribution in [0.1, 0.15) is 16.8 Å².